The average molecular weight is 548 g/mol. The highest BCUT2D eigenvalue weighted by Gasteiger charge is 2.36. The molecule has 3 aromatic carbocycles. The molecule has 39 heavy (non-hydrogen) atoms. The van der Waals surface area contributed by atoms with Crippen LogP contribution in [0, 0.1) is 24.0 Å². The summed E-state index contributed by atoms with van der Waals surface area (Å²) in [5, 5.41) is 13.0. The third kappa shape index (κ3) is 6.63. The molecule has 1 saturated heterocycles. The Morgan fingerprint density at radius 2 is 1.77 bits per heavy atom. The fourth-order valence-corrected chi connectivity index (χ4v) is 4.56. The summed E-state index contributed by atoms with van der Waals surface area (Å²) in [6, 6.07) is 16.5. The van der Waals surface area contributed by atoms with Crippen LogP contribution in [0.4, 0.5) is 16.2 Å². The standard InChI is InChI=1S/C28H25N3O7S/c1-17-4-8-21(12-18(17)2)29-26(32)15-30-27(33)25(39-28(30)34)14-20-7-11-23(24(13-20)37-3)38-16-19-5-9-22(10-6-19)31(35)36/h4-14H,15-16H2,1-3H3,(H,29,32)/b25-14+. The molecular formula is C28H25N3O7S. The minimum atomic E-state index is -0.558. The van der Waals surface area contributed by atoms with Gasteiger partial charge in [0.15, 0.2) is 11.5 Å². The van der Waals surface area contributed by atoms with E-state index in [2.05, 4.69) is 5.32 Å². The van der Waals surface area contributed by atoms with Crippen LogP contribution in [-0.4, -0.2) is 40.5 Å². The van der Waals surface area contributed by atoms with Gasteiger partial charge in [-0.15, -0.1) is 0 Å². The fourth-order valence-electron chi connectivity index (χ4n) is 3.72. The molecule has 0 radical (unpaired) electrons. The van der Waals surface area contributed by atoms with Gasteiger partial charge in [-0.1, -0.05) is 12.1 Å². The summed E-state index contributed by atoms with van der Waals surface area (Å²) in [7, 11) is 1.47. The van der Waals surface area contributed by atoms with Crippen LogP contribution in [0.15, 0.2) is 65.6 Å². The van der Waals surface area contributed by atoms with Gasteiger partial charge < -0.3 is 14.8 Å². The van der Waals surface area contributed by atoms with Crippen molar-refractivity contribution in [2.75, 3.05) is 19.0 Å². The summed E-state index contributed by atoms with van der Waals surface area (Å²) < 4.78 is 11.2. The minimum Gasteiger partial charge on any atom is -0.493 e. The van der Waals surface area contributed by atoms with Crippen molar-refractivity contribution in [1.29, 1.82) is 0 Å². The summed E-state index contributed by atoms with van der Waals surface area (Å²) in [4.78, 5) is 49.3. The first kappa shape index (κ1) is 27.4. The molecule has 0 bridgehead atoms. The normalized spacial score (nSPS) is 14.0. The number of aryl methyl sites for hydroxylation is 2. The quantitative estimate of drug-likeness (QED) is 0.212. The molecule has 1 fully saturated rings. The van der Waals surface area contributed by atoms with Gasteiger partial charge in [-0.05, 0) is 90.3 Å². The summed E-state index contributed by atoms with van der Waals surface area (Å²) in [6.45, 7) is 3.66. The molecule has 4 rings (SSSR count). The molecule has 1 aliphatic rings. The molecule has 3 amide bonds. The molecule has 1 aliphatic heterocycles. The molecule has 0 saturated carbocycles. The fraction of sp³-hybridized carbons (Fsp3) is 0.179. The number of rotatable bonds is 9. The molecule has 0 atom stereocenters. The van der Waals surface area contributed by atoms with Crippen LogP contribution in [0.5, 0.6) is 11.5 Å². The van der Waals surface area contributed by atoms with Crippen LogP contribution in [0.1, 0.15) is 22.3 Å². The highest BCUT2D eigenvalue weighted by Crippen LogP contribution is 2.35. The number of methoxy groups -OCH3 is 1. The SMILES string of the molecule is COc1cc(/C=C2/SC(=O)N(CC(=O)Nc3ccc(C)c(C)c3)C2=O)ccc1OCc1ccc([N+](=O)[O-])cc1. The predicted molar refractivity (Wildman–Crippen MR) is 148 cm³/mol. The third-order valence-electron chi connectivity index (χ3n) is 5.99. The van der Waals surface area contributed by atoms with E-state index in [1.807, 2.05) is 26.0 Å². The molecular weight excluding hydrogens is 522 g/mol. The lowest BCUT2D eigenvalue weighted by molar-refractivity contribution is -0.384. The number of thioether (sulfide) groups is 1. The number of amides is 3. The van der Waals surface area contributed by atoms with Crippen LogP contribution < -0.4 is 14.8 Å². The van der Waals surface area contributed by atoms with Gasteiger partial charge in [0.25, 0.3) is 16.8 Å². The van der Waals surface area contributed by atoms with Gasteiger partial charge in [0.1, 0.15) is 13.2 Å². The Hall–Kier alpha value is -4.64. The van der Waals surface area contributed by atoms with E-state index in [4.69, 9.17) is 9.47 Å². The maximum absolute atomic E-state index is 12.9. The van der Waals surface area contributed by atoms with E-state index >= 15 is 0 Å². The van der Waals surface area contributed by atoms with Crippen molar-refractivity contribution in [3.05, 3.63) is 97.9 Å². The van der Waals surface area contributed by atoms with Crippen molar-refractivity contribution in [1.82, 2.24) is 4.90 Å². The van der Waals surface area contributed by atoms with Gasteiger partial charge >= 0.3 is 0 Å². The lowest BCUT2D eigenvalue weighted by Gasteiger charge is -2.13. The highest BCUT2D eigenvalue weighted by atomic mass is 32.2. The second-order valence-electron chi connectivity index (χ2n) is 8.74. The zero-order chi connectivity index (χ0) is 28.1. The second kappa shape index (κ2) is 11.8. The lowest BCUT2D eigenvalue weighted by Crippen LogP contribution is -2.36. The molecule has 0 aromatic heterocycles. The molecule has 200 valence electrons. The highest BCUT2D eigenvalue weighted by molar-refractivity contribution is 8.18. The number of imide groups is 1. The molecule has 0 spiro atoms. The van der Waals surface area contributed by atoms with Crippen molar-refractivity contribution in [3.8, 4) is 11.5 Å². The Bertz CT molecular complexity index is 1480. The summed E-state index contributed by atoms with van der Waals surface area (Å²) >= 11 is 0.756. The van der Waals surface area contributed by atoms with E-state index < -0.39 is 28.5 Å². The second-order valence-corrected chi connectivity index (χ2v) is 9.73. The van der Waals surface area contributed by atoms with E-state index in [-0.39, 0.29) is 17.2 Å². The van der Waals surface area contributed by atoms with Gasteiger partial charge in [-0.2, -0.15) is 0 Å². The van der Waals surface area contributed by atoms with Crippen LogP contribution >= 0.6 is 11.8 Å². The summed E-state index contributed by atoms with van der Waals surface area (Å²) in [5.74, 6) is -0.197. The number of hydrogen-bond acceptors (Lipinski definition) is 8. The number of anilines is 1. The maximum Gasteiger partial charge on any atom is 0.294 e. The number of carbonyl (C=O) groups is 3. The molecule has 0 unspecified atom stereocenters. The van der Waals surface area contributed by atoms with Crippen molar-refractivity contribution >= 4 is 46.3 Å². The molecule has 3 aromatic rings. The third-order valence-corrected chi connectivity index (χ3v) is 6.90. The van der Waals surface area contributed by atoms with Crippen LogP contribution in [0.2, 0.25) is 0 Å². The number of carbonyl (C=O) groups excluding carboxylic acids is 3. The number of non-ortho nitro benzene ring substituents is 1. The van der Waals surface area contributed by atoms with Gasteiger partial charge in [-0.25, -0.2) is 0 Å². The Kier molecular flexibility index (Phi) is 8.30. The van der Waals surface area contributed by atoms with Crippen molar-refractivity contribution in [2.45, 2.75) is 20.5 Å². The topological polar surface area (TPSA) is 128 Å². The van der Waals surface area contributed by atoms with Gasteiger partial charge in [-0.3, -0.25) is 29.4 Å². The largest absolute Gasteiger partial charge is 0.493 e. The van der Waals surface area contributed by atoms with Crippen molar-refractivity contribution < 1.29 is 28.8 Å². The zero-order valence-corrected chi connectivity index (χ0v) is 22.2. The molecule has 1 heterocycles. The Morgan fingerprint density at radius 1 is 1.03 bits per heavy atom. The monoisotopic (exact) mass is 547 g/mol. The van der Waals surface area contributed by atoms with Crippen LogP contribution in [-0.2, 0) is 16.2 Å². The molecule has 10 nitrogen and oxygen atoms in total. The van der Waals surface area contributed by atoms with E-state index in [1.54, 1.807) is 42.5 Å². The molecule has 0 aliphatic carbocycles. The smallest absolute Gasteiger partial charge is 0.294 e. The average Bonchev–Trinajstić information content (AvgIpc) is 3.17. The Labute approximate surface area is 228 Å². The number of nitro groups is 1. The van der Waals surface area contributed by atoms with Crippen LogP contribution in [0.25, 0.3) is 6.08 Å². The predicted octanol–water partition coefficient (Wildman–Crippen LogP) is 5.47. The van der Waals surface area contributed by atoms with Crippen molar-refractivity contribution in [3.63, 3.8) is 0 Å². The number of nitrogens with one attached hydrogen (secondary N) is 1. The van der Waals surface area contributed by atoms with Gasteiger partial charge in [0.2, 0.25) is 5.91 Å². The van der Waals surface area contributed by atoms with Gasteiger partial charge in [0, 0.05) is 17.8 Å². The minimum absolute atomic E-state index is 0.00734. The molecule has 11 heteroatoms. The van der Waals surface area contributed by atoms with Crippen LogP contribution in [0.3, 0.4) is 0 Å². The number of nitrogens with zero attached hydrogens (tertiary/aromatic N) is 2. The number of hydrogen-bond donors (Lipinski definition) is 1. The zero-order valence-electron chi connectivity index (χ0n) is 21.4. The maximum atomic E-state index is 12.9. The number of nitro benzene ring substituents is 1. The lowest BCUT2D eigenvalue weighted by atomic mass is 10.1. The Morgan fingerprint density at radius 3 is 2.44 bits per heavy atom. The summed E-state index contributed by atoms with van der Waals surface area (Å²) in [6.07, 6.45) is 1.55. The van der Waals surface area contributed by atoms with E-state index in [9.17, 15) is 24.5 Å². The Balaban J connectivity index is 1.41. The molecule has 1 N–H and O–H groups in total. The first-order valence-corrected chi connectivity index (χ1v) is 12.6. The number of ether oxygens (including phenoxy) is 2. The number of benzene rings is 3. The first-order chi connectivity index (χ1) is 18.6. The summed E-state index contributed by atoms with van der Waals surface area (Å²) in [5.41, 5.74) is 4.02. The van der Waals surface area contributed by atoms with Crippen molar-refractivity contribution in [2.24, 2.45) is 0 Å². The van der Waals surface area contributed by atoms with E-state index in [1.165, 1.54) is 19.2 Å². The van der Waals surface area contributed by atoms with E-state index in [0.29, 0.717) is 22.7 Å². The first-order valence-electron chi connectivity index (χ1n) is 11.8. The van der Waals surface area contributed by atoms with Gasteiger partial charge in [0.05, 0.1) is 16.9 Å². The van der Waals surface area contributed by atoms with E-state index in [0.717, 1.165) is 33.4 Å².